The van der Waals surface area contributed by atoms with Crippen LogP contribution in [0.25, 0.3) is 11.3 Å². The van der Waals surface area contributed by atoms with Crippen LogP contribution in [0.3, 0.4) is 0 Å². The Kier molecular flexibility index (Phi) is 5.31. The first kappa shape index (κ1) is 20.4. The minimum atomic E-state index is -1.84. The van der Waals surface area contributed by atoms with E-state index in [0.717, 1.165) is 12.1 Å². The summed E-state index contributed by atoms with van der Waals surface area (Å²) in [6.07, 6.45) is 2.69. The van der Waals surface area contributed by atoms with Crippen molar-refractivity contribution in [1.29, 1.82) is 5.26 Å². The minimum Gasteiger partial charge on any atom is -0.382 e. The van der Waals surface area contributed by atoms with Gasteiger partial charge in [0.15, 0.2) is 0 Å². The van der Waals surface area contributed by atoms with E-state index in [0.29, 0.717) is 22.6 Å². The molecule has 0 aliphatic carbocycles. The fraction of sp³-hybridized carbons (Fsp3) is 0.182. The van der Waals surface area contributed by atoms with Crippen molar-refractivity contribution in [3.63, 3.8) is 0 Å². The zero-order valence-corrected chi connectivity index (χ0v) is 16.4. The fourth-order valence-electron chi connectivity index (χ4n) is 3.44. The largest absolute Gasteiger partial charge is 0.382 e. The van der Waals surface area contributed by atoms with Crippen molar-refractivity contribution >= 4 is 0 Å². The Bertz CT molecular complexity index is 1230. The second-order valence-corrected chi connectivity index (χ2v) is 7.17. The lowest BCUT2D eigenvalue weighted by Gasteiger charge is -2.33. The smallest absolute Gasteiger partial charge is 0.143 e. The van der Waals surface area contributed by atoms with Crippen molar-refractivity contribution in [3.05, 3.63) is 89.7 Å². The average Bonchev–Trinajstić information content (AvgIpc) is 3.45. The van der Waals surface area contributed by atoms with E-state index in [4.69, 9.17) is 9.78 Å². The van der Waals surface area contributed by atoms with Gasteiger partial charge in [-0.1, -0.05) is 30.3 Å². The summed E-state index contributed by atoms with van der Waals surface area (Å²) in [4.78, 5) is 3.85. The lowest BCUT2D eigenvalue weighted by molar-refractivity contribution is -0.0181. The molecule has 0 bridgehead atoms. The minimum absolute atomic E-state index is 0.103. The first-order chi connectivity index (χ1) is 14.9. The number of hydrogen-bond donors (Lipinski definition) is 1. The van der Waals surface area contributed by atoms with Crippen LogP contribution >= 0.6 is 0 Å². The predicted octanol–water partition coefficient (Wildman–Crippen LogP) is 3.77. The van der Waals surface area contributed by atoms with Crippen molar-refractivity contribution in [2.24, 2.45) is 0 Å². The number of aliphatic hydroxyl groups is 1. The van der Waals surface area contributed by atoms with Gasteiger partial charge in [-0.3, -0.25) is 0 Å². The van der Waals surface area contributed by atoms with Crippen LogP contribution in [-0.2, 0) is 12.1 Å². The number of benzene rings is 2. The van der Waals surface area contributed by atoms with E-state index in [2.05, 4.69) is 15.2 Å². The quantitative estimate of drug-likeness (QED) is 0.509. The predicted molar refractivity (Wildman–Crippen MR) is 105 cm³/mol. The molecule has 0 saturated carbocycles. The Morgan fingerprint density at radius 3 is 2.61 bits per heavy atom. The molecule has 2 aromatic heterocycles. The number of rotatable bonds is 6. The Balaban J connectivity index is 1.73. The number of aromatic nitrogens is 4. The third-order valence-electron chi connectivity index (χ3n) is 5.25. The third kappa shape index (κ3) is 3.93. The number of nitriles is 1. The number of hydrogen-bond acceptors (Lipinski definition) is 6. The highest BCUT2D eigenvalue weighted by molar-refractivity contribution is 5.60. The summed E-state index contributed by atoms with van der Waals surface area (Å²) in [6.45, 7) is 1.51. The van der Waals surface area contributed by atoms with Crippen molar-refractivity contribution in [2.75, 3.05) is 0 Å². The summed E-state index contributed by atoms with van der Waals surface area (Å²) in [6, 6.07) is 13.5. The molecule has 9 heteroatoms. The lowest BCUT2D eigenvalue weighted by Crippen LogP contribution is -2.38. The summed E-state index contributed by atoms with van der Waals surface area (Å²) in [7, 11) is 0. The highest BCUT2D eigenvalue weighted by Gasteiger charge is 2.42. The van der Waals surface area contributed by atoms with Crippen LogP contribution in [0.5, 0.6) is 0 Å². The van der Waals surface area contributed by atoms with E-state index < -0.39 is 23.2 Å². The molecule has 0 unspecified atom stereocenters. The van der Waals surface area contributed by atoms with Crippen molar-refractivity contribution in [1.82, 2.24) is 19.9 Å². The second kappa shape index (κ2) is 8.08. The lowest BCUT2D eigenvalue weighted by atomic mass is 9.80. The maximum Gasteiger partial charge on any atom is 0.143 e. The van der Waals surface area contributed by atoms with Gasteiger partial charge in [0.25, 0.3) is 0 Å². The van der Waals surface area contributed by atoms with E-state index >= 15 is 0 Å². The van der Waals surface area contributed by atoms with Crippen LogP contribution < -0.4 is 0 Å². The van der Waals surface area contributed by atoms with Gasteiger partial charge in [0, 0.05) is 23.3 Å². The summed E-state index contributed by atoms with van der Waals surface area (Å²) in [5.74, 6) is -2.12. The molecule has 0 radical (unpaired) electrons. The molecular formula is C22H17F2N5O2. The zero-order chi connectivity index (χ0) is 22.0. The number of halogens is 2. The monoisotopic (exact) mass is 421 g/mol. The molecule has 0 aliphatic rings. The highest BCUT2D eigenvalue weighted by atomic mass is 19.1. The van der Waals surface area contributed by atoms with Crippen molar-refractivity contribution in [2.45, 2.75) is 25.0 Å². The second-order valence-electron chi connectivity index (χ2n) is 7.17. The van der Waals surface area contributed by atoms with E-state index in [1.54, 1.807) is 37.3 Å². The molecule has 0 fully saturated rings. The summed E-state index contributed by atoms with van der Waals surface area (Å²) >= 11 is 0. The van der Waals surface area contributed by atoms with Gasteiger partial charge < -0.3 is 9.63 Å². The first-order valence-electron chi connectivity index (χ1n) is 9.38. The molecule has 4 rings (SSSR count). The van der Waals surface area contributed by atoms with E-state index in [9.17, 15) is 13.9 Å². The molecule has 0 aliphatic heterocycles. The third-order valence-corrected chi connectivity index (χ3v) is 5.25. The summed E-state index contributed by atoms with van der Waals surface area (Å²) in [5.41, 5.74) is -0.224. The van der Waals surface area contributed by atoms with E-state index in [1.165, 1.54) is 23.4 Å². The molecule has 0 amide bonds. The Labute approximate surface area is 176 Å². The first-order valence-corrected chi connectivity index (χ1v) is 9.38. The van der Waals surface area contributed by atoms with Gasteiger partial charge in [-0.15, -0.1) is 0 Å². The van der Waals surface area contributed by atoms with Crippen LogP contribution in [-0.4, -0.2) is 25.0 Å². The van der Waals surface area contributed by atoms with Crippen LogP contribution in [0, 0.1) is 23.0 Å². The van der Waals surface area contributed by atoms with Crippen LogP contribution in [0.4, 0.5) is 8.78 Å². The normalized spacial score (nSPS) is 14.0. The van der Waals surface area contributed by atoms with E-state index in [1.807, 2.05) is 6.07 Å². The molecule has 0 spiro atoms. The molecule has 2 heterocycles. The van der Waals surface area contributed by atoms with Crippen LogP contribution in [0.2, 0.25) is 0 Å². The fourth-order valence-corrected chi connectivity index (χ4v) is 3.44. The standard InChI is InChI=1S/C22H17F2N5O2/c1-14(21-9-20(28-31-21)16-4-2-15(10-25)3-5-16)22(30,11-29-13-26-12-27-29)18-7-6-17(23)8-19(18)24/h2-9,12-14,30H,11H2,1H3/t14-,22+/m0/s1. The molecule has 0 saturated heterocycles. The number of nitrogens with zero attached hydrogens (tertiary/aromatic N) is 5. The molecule has 31 heavy (non-hydrogen) atoms. The summed E-state index contributed by atoms with van der Waals surface area (Å²) < 4.78 is 35.0. The molecule has 2 aromatic carbocycles. The van der Waals surface area contributed by atoms with Gasteiger partial charge >= 0.3 is 0 Å². The van der Waals surface area contributed by atoms with Gasteiger partial charge in [0.2, 0.25) is 0 Å². The average molecular weight is 421 g/mol. The van der Waals surface area contributed by atoms with Crippen molar-refractivity contribution < 1.29 is 18.4 Å². The van der Waals surface area contributed by atoms with Crippen LogP contribution in [0.1, 0.15) is 29.7 Å². The maximum atomic E-state index is 14.7. The highest BCUT2D eigenvalue weighted by Crippen LogP contribution is 2.40. The maximum absolute atomic E-state index is 14.7. The van der Waals surface area contributed by atoms with Crippen LogP contribution in [0.15, 0.2) is 65.7 Å². The Morgan fingerprint density at radius 1 is 1.19 bits per heavy atom. The van der Waals surface area contributed by atoms with Gasteiger partial charge in [0.1, 0.15) is 41.3 Å². The molecule has 7 nitrogen and oxygen atoms in total. The molecule has 1 N–H and O–H groups in total. The molecule has 156 valence electrons. The molecular weight excluding hydrogens is 404 g/mol. The van der Waals surface area contributed by atoms with Gasteiger partial charge in [-0.25, -0.2) is 18.4 Å². The Hall–Kier alpha value is -3.90. The Morgan fingerprint density at radius 2 is 1.97 bits per heavy atom. The topological polar surface area (TPSA) is 101 Å². The van der Waals surface area contributed by atoms with Gasteiger partial charge in [-0.05, 0) is 18.2 Å². The SMILES string of the molecule is C[C@@H](c1cc(-c2ccc(C#N)cc2)no1)[C@](O)(Cn1cncn1)c1ccc(F)cc1F. The molecule has 2 atom stereocenters. The van der Waals surface area contributed by atoms with Gasteiger partial charge in [0.05, 0.1) is 24.1 Å². The molecule has 4 aromatic rings. The zero-order valence-electron chi connectivity index (χ0n) is 16.4. The van der Waals surface area contributed by atoms with Gasteiger partial charge in [-0.2, -0.15) is 10.4 Å². The van der Waals surface area contributed by atoms with E-state index in [-0.39, 0.29) is 12.1 Å². The van der Waals surface area contributed by atoms with Crippen molar-refractivity contribution in [3.8, 4) is 17.3 Å². The summed E-state index contributed by atoms with van der Waals surface area (Å²) in [5, 5.41) is 28.6.